The summed E-state index contributed by atoms with van der Waals surface area (Å²) in [5, 5.41) is 8.94. The molecule has 1 saturated heterocycles. The van der Waals surface area contributed by atoms with E-state index in [2.05, 4.69) is 4.74 Å². The van der Waals surface area contributed by atoms with Crippen LogP contribution in [0.25, 0.3) is 0 Å². The van der Waals surface area contributed by atoms with Gasteiger partial charge in [0.05, 0.1) is 12.2 Å². The maximum absolute atomic E-state index is 11.9. The normalized spacial score (nSPS) is 23.5. The maximum atomic E-state index is 11.9. The van der Waals surface area contributed by atoms with Gasteiger partial charge in [-0.1, -0.05) is 0 Å². The molecule has 0 spiro atoms. The molecule has 1 aliphatic carbocycles. The fraction of sp³-hybridized carbons (Fsp3) is 0.800. The first-order valence-electron chi connectivity index (χ1n) is 5.22. The second kappa shape index (κ2) is 3.98. The first kappa shape index (κ1) is 11.3. The van der Waals surface area contributed by atoms with E-state index in [1.807, 2.05) is 6.07 Å². The quantitative estimate of drug-likeness (QED) is 0.730. The van der Waals surface area contributed by atoms with Gasteiger partial charge in [-0.05, 0) is 19.3 Å². The number of halogens is 2. The number of hydrogen-bond acceptors (Lipinski definition) is 3. The molecule has 0 unspecified atom stereocenters. The largest absolute Gasteiger partial charge is 0.345 e. The van der Waals surface area contributed by atoms with Crippen LogP contribution in [0.1, 0.15) is 19.3 Å². The van der Waals surface area contributed by atoms with Crippen LogP contribution in [-0.2, 0) is 9.53 Å². The summed E-state index contributed by atoms with van der Waals surface area (Å²) in [5.41, 5.74) is -0.879. The highest BCUT2D eigenvalue weighted by Gasteiger charge is 2.49. The molecule has 0 N–H and O–H groups in total. The first-order valence-corrected chi connectivity index (χ1v) is 5.22. The van der Waals surface area contributed by atoms with E-state index in [1.54, 1.807) is 0 Å². The molecule has 2 rings (SSSR count). The Labute approximate surface area is 91.8 Å². The van der Waals surface area contributed by atoms with Crippen LogP contribution < -0.4 is 0 Å². The Morgan fingerprint density at radius 1 is 1.50 bits per heavy atom. The Hall–Kier alpha value is -1.22. The predicted molar refractivity (Wildman–Crippen MR) is 49.4 cm³/mol. The number of ether oxygens (including phenoxy) is 1. The van der Waals surface area contributed by atoms with Gasteiger partial charge in [0.1, 0.15) is 5.41 Å². The summed E-state index contributed by atoms with van der Waals surface area (Å²) in [6.45, 7) is -2.45. The van der Waals surface area contributed by atoms with Gasteiger partial charge in [-0.15, -0.1) is 0 Å². The van der Waals surface area contributed by atoms with E-state index in [1.165, 1.54) is 4.90 Å². The fourth-order valence-corrected chi connectivity index (χ4v) is 2.04. The van der Waals surface area contributed by atoms with Crippen molar-refractivity contribution in [1.29, 1.82) is 5.26 Å². The average molecular weight is 230 g/mol. The molecule has 0 aromatic rings. The SMILES string of the molecule is N#CC1(C(=O)N2CC(OC(F)F)C2)CCC1. The fourth-order valence-electron chi connectivity index (χ4n) is 2.04. The third-order valence-corrected chi connectivity index (χ3v) is 3.26. The van der Waals surface area contributed by atoms with Gasteiger partial charge < -0.3 is 9.64 Å². The van der Waals surface area contributed by atoms with Gasteiger partial charge in [0.2, 0.25) is 5.91 Å². The van der Waals surface area contributed by atoms with Gasteiger partial charge in [0, 0.05) is 13.1 Å². The van der Waals surface area contributed by atoms with Gasteiger partial charge in [-0.25, -0.2) is 0 Å². The van der Waals surface area contributed by atoms with Crippen LogP contribution in [0.2, 0.25) is 0 Å². The van der Waals surface area contributed by atoms with Crippen molar-refractivity contribution in [1.82, 2.24) is 4.90 Å². The second-order valence-corrected chi connectivity index (χ2v) is 4.28. The molecular weight excluding hydrogens is 218 g/mol. The number of amides is 1. The van der Waals surface area contributed by atoms with Crippen molar-refractivity contribution in [3.63, 3.8) is 0 Å². The monoisotopic (exact) mass is 230 g/mol. The molecule has 0 bridgehead atoms. The van der Waals surface area contributed by atoms with Gasteiger partial charge >= 0.3 is 6.61 Å². The number of carbonyl (C=O) groups is 1. The summed E-state index contributed by atoms with van der Waals surface area (Å²) in [6.07, 6.45) is 1.46. The Morgan fingerprint density at radius 2 is 2.12 bits per heavy atom. The van der Waals surface area contributed by atoms with E-state index in [4.69, 9.17) is 5.26 Å². The van der Waals surface area contributed by atoms with Crippen LogP contribution >= 0.6 is 0 Å². The molecule has 16 heavy (non-hydrogen) atoms. The molecule has 1 saturated carbocycles. The van der Waals surface area contributed by atoms with Crippen molar-refractivity contribution in [2.45, 2.75) is 32.0 Å². The van der Waals surface area contributed by atoms with Crippen LogP contribution in [0, 0.1) is 16.7 Å². The highest BCUT2D eigenvalue weighted by molar-refractivity contribution is 5.87. The average Bonchev–Trinajstić information content (AvgIpc) is 2.09. The zero-order chi connectivity index (χ0) is 11.8. The first-order chi connectivity index (χ1) is 7.57. The molecule has 2 fully saturated rings. The summed E-state index contributed by atoms with van der Waals surface area (Å²) < 4.78 is 27.9. The molecule has 0 aromatic carbocycles. The van der Waals surface area contributed by atoms with E-state index in [9.17, 15) is 13.6 Å². The third-order valence-electron chi connectivity index (χ3n) is 3.26. The lowest BCUT2D eigenvalue weighted by Gasteiger charge is -2.45. The summed E-state index contributed by atoms with van der Waals surface area (Å²) in [7, 11) is 0. The minimum atomic E-state index is -2.80. The van der Waals surface area contributed by atoms with Crippen molar-refractivity contribution in [2.24, 2.45) is 5.41 Å². The molecule has 2 aliphatic rings. The van der Waals surface area contributed by atoms with Gasteiger partial charge in [-0.2, -0.15) is 14.0 Å². The van der Waals surface area contributed by atoms with Crippen molar-refractivity contribution in [3.05, 3.63) is 0 Å². The lowest BCUT2D eigenvalue weighted by atomic mass is 9.68. The number of hydrogen-bond donors (Lipinski definition) is 0. The maximum Gasteiger partial charge on any atom is 0.345 e. The summed E-state index contributed by atoms with van der Waals surface area (Å²) in [6, 6.07) is 2.04. The number of alkyl halides is 2. The molecule has 0 aromatic heterocycles. The van der Waals surface area contributed by atoms with Crippen molar-refractivity contribution in [3.8, 4) is 6.07 Å². The van der Waals surface area contributed by atoms with Crippen molar-refractivity contribution < 1.29 is 18.3 Å². The Morgan fingerprint density at radius 3 is 2.50 bits per heavy atom. The van der Waals surface area contributed by atoms with E-state index in [-0.39, 0.29) is 19.0 Å². The third kappa shape index (κ3) is 1.76. The molecule has 88 valence electrons. The van der Waals surface area contributed by atoms with Crippen molar-refractivity contribution in [2.75, 3.05) is 13.1 Å². The molecular formula is C10H12F2N2O2. The lowest BCUT2D eigenvalue weighted by molar-refractivity contribution is -0.202. The minimum Gasteiger partial charge on any atom is -0.336 e. The van der Waals surface area contributed by atoms with Gasteiger partial charge in [0.15, 0.2) is 0 Å². The topological polar surface area (TPSA) is 53.3 Å². The summed E-state index contributed by atoms with van der Waals surface area (Å²) in [4.78, 5) is 13.3. The number of carbonyl (C=O) groups excluding carboxylic acids is 1. The molecule has 4 nitrogen and oxygen atoms in total. The van der Waals surface area contributed by atoms with E-state index in [0.717, 1.165) is 6.42 Å². The second-order valence-electron chi connectivity index (χ2n) is 4.28. The van der Waals surface area contributed by atoms with E-state index in [0.29, 0.717) is 12.8 Å². The Kier molecular flexibility index (Phi) is 2.80. The number of rotatable bonds is 3. The van der Waals surface area contributed by atoms with Gasteiger partial charge in [0.25, 0.3) is 0 Å². The van der Waals surface area contributed by atoms with Crippen LogP contribution in [0.4, 0.5) is 8.78 Å². The van der Waals surface area contributed by atoms with E-state index >= 15 is 0 Å². The van der Waals surface area contributed by atoms with Crippen LogP contribution in [0.3, 0.4) is 0 Å². The molecule has 0 radical (unpaired) electrons. The summed E-state index contributed by atoms with van der Waals surface area (Å²) in [5.74, 6) is -0.227. The minimum absolute atomic E-state index is 0.173. The zero-order valence-electron chi connectivity index (χ0n) is 8.66. The number of nitriles is 1. The molecule has 1 aliphatic heterocycles. The molecule has 1 amide bonds. The van der Waals surface area contributed by atoms with Crippen LogP contribution in [0.5, 0.6) is 0 Å². The standard InChI is InChI=1S/C10H12F2N2O2/c11-9(12)16-7-4-14(5-7)8(15)10(6-13)2-1-3-10/h7,9H,1-5H2. The van der Waals surface area contributed by atoms with Crippen LogP contribution in [-0.4, -0.2) is 36.6 Å². The molecule has 1 heterocycles. The Bertz CT molecular complexity index is 330. The Balaban J connectivity index is 1.84. The highest BCUT2D eigenvalue weighted by Crippen LogP contribution is 2.42. The predicted octanol–water partition coefficient (Wildman–Crippen LogP) is 1.13. The van der Waals surface area contributed by atoms with Crippen molar-refractivity contribution >= 4 is 5.91 Å². The molecule has 6 heteroatoms. The molecule has 0 atom stereocenters. The highest BCUT2D eigenvalue weighted by atomic mass is 19.3. The number of nitrogens with zero attached hydrogens (tertiary/aromatic N) is 2. The van der Waals surface area contributed by atoms with Crippen LogP contribution in [0.15, 0.2) is 0 Å². The summed E-state index contributed by atoms with van der Waals surface area (Å²) >= 11 is 0. The smallest absolute Gasteiger partial charge is 0.336 e. The number of likely N-dealkylation sites (tertiary alicyclic amines) is 1. The van der Waals surface area contributed by atoms with E-state index < -0.39 is 18.1 Å². The zero-order valence-corrected chi connectivity index (χ0v) is 8.66. The van der Waals surface area contributed by atoms with Gasteiger partial charge in [-0.3, -0.25) is 4.79 Å². The lowest BCUT2D eigenvalue weighted by Crippen LogP contribution is -2.60.